The lowest BCUT2D eigenvalue weighted by Gasteiger charge is -2.31. The average molecular weight is 315 g/mol. The van der Waals surface area contributed by atoms with Crippen molar-refractivity contribution in [2.75, 3.05) is 13.1 Å². The monoisotopic (exact) mass is 315 g/mol. The second-order valence-electron chi connectivity index (χ2n) is 5.05. The summed E-state index contributed by atoms with van der Waals surface area (Å²) in [6.07, 6.45) is 8.59. The molecule has 1 aliphatic heterocycles. The zero-order valence-corrected chi connectivity index (χ0v) is 12.9. The van der Waals surface area contributed by atoms with Crippen LogP contribution in [0.25, 0.3) is 6.08 Å². The number of likely N-dealkylation sites (tertiary alicyclic amines) is 1. The number of ether oxygens (including phenoxy) is 1. The molecule has 1 amide bonds. The zero-order valence-electron chi connectivity index (χ0n) is 12.1. The Bertz CT molecular complexity index is 628. The molecule has 0 spiro atoms. The highest BCUT2D eigenvalue weighted by Crippen LogP contribution is 2.16. The van der Waals surface area contributed by atoms with Crippen molar-refractivity contribution >= 4 is 23.3 Å². The summed E-state index contributed by atoms with van der Waals surface area (Å²) in [5, 5.41) is 1.99. The SMILES string of the molecule is O=C(/C=C/c1cccs1)N1CCCC(Oc2ncccn2)C1. The third-order valence-electron chi connectivity index (χ3n) is 3.44. The van der Waals surface area contributed by atoms with E-state index in [2.05, 4.69) is 9.97 Å². The molecule has 114 valence electrons. The molecule has 0 bridgehead atoms. The summed E-state index contributed by atoms with van der Waals surface area (Å²) in [5.74, 6) is 0.0238. The Morgan fingerprint density at radius 2 is 2.23 bits per heavy atom. The van der Waals surface area contributed by atoms with Crippen molar-refractivity contribution in [2.45, 2.75) is 18.9 Å². The molecule has 6 heteroatoms. The van der Waals surface area contributed by atoms with E-state index in [0.717, 1.165) is 24.3 Å². The number of amides is 1. The Balaban J connectivity index is 1.57. The largest absolute Gasteiger partial charge is 0.458 e. The van der Waals surface area contributed by atoms with Crippen molar-refractivity contribution in [3.63, 3.8) is 0 Å². The molecule has 0 aliphatic carbocycles. The van der Waals surface area contributed by atoms with E-state index in [9.17, 15) is 4.79 Å². The third kappa shape index (κ3) is 3.92. The molecule has 1 saturated heterocycles. The van der Waals surface area contributed by atoms with Crippen LogP contribution in [0.5, 0.6) is 6.01 Å². The van der Waals surface area contributed by atoms with Crippen molar-refractivity contribution in [3.05, 3.63) is 46.9 Å². The Kier molecular flexibility index (Phi) is 4.80. The van der Waals surface area contributed by atoms with Crippen LogP contribution < -0.4 is 4.74 Å². The molecule has 5 nitrogen and oxygen atoms in total. The molecule has 0 saturated carbocycles. The van der Waals surface area contributed by atoms with Crippen LogP contribution in [0.15, 0.2) is 42.0 Å². The van der Waals surface area contributed by atoms with Gasteiger partial charge in [0.2, 0.25) is 5.91 Å². The first-order chi connectivity index (χ1) is 10.8. The lowest BCUT2D eigenvalue weighted by molar-refractivity contribution is -0.128. The van der Waals surface area contributed by atoms with Gasteiger partial charge in [-0.1, -0.05) is 6.07 Å². The Hall–Kier alpha value is -2.21. The predicted molar refractivity (Wildman–Crippen MR) is 85.6 cm³/mol. The summed E-state index contributed by atoms with van der Waals surface area (Å²) < 4.78 is 5.75. The minimum atomic E-state index is -0.0461. The smallest absolute Gasteiger partial charge is 0.316 e. The first-order valence-electron chi connectivity index (χ1n) is 7.25. The fourth-order valence-corrected chi connectivity index (χ4v) is 2.99. The van der Waals surface area contributed by atoms with Gasteiger partial charge in [0.25, 0.3) is 0 Å². The molecule has 22 heavy (non-hydrogen) atoms. The van der Waals surface area contributed by atoms with Crippen LogP contribution in [0.2, 0.25) is 0 Å². The minimum absolute atomic E-state index is 0.0238. The standard InChI is InChI=1S/C16H17N3O2S/c20-15(7-6-14-5-2-11-22-14)19-10-1-4-13(12-19)21-16-17-8-3-9-18-16/h2-3,5-9,11,13H,1,4,10,12H2/b7-6+. The molecule has 3 rings (SSSR count). The molecule has 1 aliphatic rings. The van der Waals surface area contributed by atoms with E-state index >= 15 is 0 Å². The van der Waals surface area contributed by atoms with Crippen molar-refractivity contribution < 1.29 is 9.53 Å². The topological polar surface area (TPSA) is 55.3 Å². The maximum Gasteiger partial charge on any atom is 0.316 e. The van der Waals surface area contributed by atoms with E-state index in [1.165, 1.54) is 0 Å². The van der Waals surface area contributed by atoms with Crippen LogP contribution in [-0.4, -0.2) is 40.0 Å². The number of carbonyl (C=O) groups excluding carboxylic acids is 1. The van der Waals surface area contributed by atoms with E-state index in [-0.39, 0.29) is 12.0 Å². The van der Waals surface area contributed by atoms with E-state index in [0.29, 0.717) is 12.6 Å². The molecular formula is C16H17N3O2S. The number of thiophene rings is 1. The molecule has 1 fully saturated rings. The summed E-state index contributed by atoms with van der Waals surface area (Å²) in [7, 11) is 0. The van der Waals surface area contributed by atoms with Crippen LogP contribution in [0.1, 0.15) is 17.7 Å². The molecule has 0 radical (unpaired) electrons. The lowest BCUT2D eigenvalue weighted by atomic mass is 10.1. The highest BCUT2D eigenvalue weighted by molar-refractivity contribution is 7.10. The number of nitrogens with zero attached hydrogens (tertiary/aromatic N) is 3. The van der Waals surface area contributed by atoms with Gasteiger partial charge in [-0.05, 0) is 36.4 Å². The van der Waals surface area contributed by atoms with E-state index in [4.69, 9.17) is 4.74 Å². The first kappa shape index (κ1) is 14.7. The van der Waals surface area contributed by atoms with Gasteiger partial charge in [0.1, 0.15) is 6.10 Å². The van der Waals surface area contributed by atoms with Crippen LogP contribution in [0.3, 0.4) is 0 Å². The number of hydrogen-bond donors (Lipinski definition) is 0. The number of hydrogen-bond acceptors (Lipinski definition) is 5. The van der Waals surface area contributed by atoms with Crippen molar-refractivity contribution in [2.24, 2.45) is 0 Å². The maximum atomic E-state index is 12.2. The molecule has 0 N–H and O–H groups in total. The van der Waals surface area contributed by atoms with Gasteiger partial charge in [-0.3, -0.25) is 4.79 Å². The summed E-state index contributed by atoms with van der Waals surface area (Å²) in [5.41, 5.74) is 0. The lowest BCUT2D eigenvalue weighted by Crippen LogP contribution is -2.43. The van der Waals surface area contributed by atoms with Gasteiger partial charge >= 0.3 is 6.01 Å². The van der Waals surface area contributed by atoms with Crippen molar-refractivity contribution in [3.8, 4) is 6.01 Å². The van der Waals surface area contributed by atoms with Crippen LogP contribution in [-0.2, 0) is 4.79 Å². The van der Waals surface area contributed by atoms with Crippen LogP contribution in [0.4, 0.5) is 0 Å². The number of piperidine rings is 1. The van der Waals surface area contributed by atoms with Gasteiger partial charge in [-0.2, -0.15) is 0 Å². The third-order valence-corrected chi connectivity index (χ3v) is 4.27. The Morgan fingerprint density at radius 3 is 3.00 bits per heavy atom. The van der Waals surface area contributed by atoms with Gasteiger partial charge in [0.05, 0.1) is 6.54 Å². The van der Waals surface area contributed by atoms with E-state index in [1.54, 1.807) is 35.9 Å². The minimum Gasteiger partial charge on any atom is -0.458 e. The number of aromatic nitrogens is 2. The zero-order chi connectivity index (χ0) is 15.2. The van der Waals surface area contributed by atoms with Crippen LogP contribution >= 0.6 is 11.3 Å². The quantitative estimate of drug-likeness (QED) is 0.814. The molecule has 0 aromatic carbocycles. The fourth-order valence-electron chi connectivity index (χ4n) is 2.37. The normalized spacial score (nSPS) is 18.5. The van der Waals surface area contributed by atoms with Gasteiger partial charge in [0, 0.05) is 29.9 Å². The fraction of sp³-hybridized carbons (Fsp3) is 0.312. The van der Waals surface area contributed by atoms with E-state index < -0.39 is 0 Å². The van der Waals surface area contributed by atoms with Crippen molar-refractivity contribution in [1.29, 1.82) is 0 Å². The summed E-state index contributed by atoms with van der Waals surface area (Å²) in [6, 6.07) is 6.08. The van der Waals surface area contributed by atoms with Gasteiger partial charge < -0.3 is 9.64 Å². The summed E-state index contributed by atoms with van der Waals surface area (Å²) in [4.78, 5) is 23.3. The second-order valence-corrected chi connectivity index (χ2v) is 6.03. The van der Waals surface area contributed by atoms with Crippen LogP contribution in [0, 0.1) is 0 Å². The number of rotatable bonds is 4. The molecular weight excluding hydrogens is 298 g/mol. The summed E-state index contributed by atoms with van der Waals surface area (Å²) in [6.45, 7) is 1.34. The maximum absolute atomic E-state index is 12.2. The van der Waals surface area contributed by atoms with E-state index in [1.807, 2.05) is 28.5 Å². The average Bonchev–Trinajstić information content (AvgIpc) is 3.07. The predicted octanol–water partition coefficient (Wildman–Crippen LogP) is 2.62. The molecule has 2 aromatic rings. The summed E-state index contributed by atoms with van der Waals surface area (Å²) >= 11 is 1.62. The Labute approximate surface area is 133 Å². The second kappa shape index (κ2) is 7.17. The Morgan fingerprint density at radius 1 is 1.36 bits per heavy atom. The van der Waals surface area contributed by atoms with Crippen molar-refractivity contribution in [1.82, 2.24) is 14.9 Å². The van der Waals surface area contributed by atoms with Gasteiger partial charge in [-0.15, -0.1) is 11.3 Å². The molecule has 3 heterocycles. The molecule has 1 unspecified atom stereocenters. The first-order valence-corrected chi connectivity index (χ1v) is 8.13. The molecule has 1 atom stereocenters. The molecule has 2 aromatic heterocycles. The highest BCUT2D eigenvalue weighted by Gasteiger charge is 2.24. The van der Waals surface area contributed by atoms with Gasteiger partial charge in [-0.25, -0.2) is 9.97 Å². The number of carbonyl (C=O) groups is 1. The van der Waals surface area contributed by atoms with Gasteiger partial charge in [0.15, 0.2) is 0 Å². The highest BCUT2D eigenvalue weighted by atomic mass is 32.1.